The number of aliphatic hydroxyl groups excluding tert-OH is 2. The van der Waals surface area contributed by atoms with Crippen LogP contribution in [0.5, 0.6) is 0 Å². The van der Waals surface area contributed by atoms with Crippen molar-refractivity contribution in [2.75, 3.05) is 6.61 Å². The molecule has 2 rings (SSSR count). The first-order chi connectivity index (χ1) is 10.4. The number of aliphatic hydroxyl groups is 2. The molecule has 0 radical (unpaired) electrons. The maximum Gasteiger partial charge on any atom is 0.338 e. The van der Waals surface area contributed by atoms with E-state index >= 15 is 0 Å². The molecule has 0 amide bonds. The van der Waals surface area contributed by atoms with Crippen LogP contribution < -0.4 is 0 Å². The fourth-order valence-electron chi connectivity index (χ4n) is 2.47. The van der Waals surface area contributed by atoms with E-state index in [1.165, 1.54) is 6.92 Å². The summed E-state index contributed by atoms with van der Waals surface area (Å²) < 4.78 is 10.6. The molecule has 0 aromatic heterocycles. The van der Waals surface area contributed by atoms with Crippen molar-refractivity contribution in [2.24, 2.45) is 0 Å². The van der Waals surface area contributed by atoms with Crippen molar-refractivity contribution in [3.8, 4) is 0 Å². The van der Waals surface area contributed by atoms with Crippen LogP contribution in [-0.4, -0.2) is 46.4 Å². The molecule has 2 unspecified atom stereocenters. The van der Waals surface area contributed by atoms with Gasteiger partial charge in [0.2, 0.25) is 0 Å². The summed E-state index contributed by atoms with van der Waals surface area (Å²) in [7, 11) is 0. The molecule has 0 aliphatic heterocycles. The number of hydrogen-bond acceptors (Lipinski definition) is 6. The summed E-state index contributed by atoms with van der Waals surface area (Å²) in [5, 5.41) is 19.4. The van der Waals surface area contributed by atoms with E-state index in [2.05, 4.69) is 0 Å². The predicted molar refractivity (Wildman–Crippen MR) is 76.8 cm³/mol. The molecule has 0 spiro atoms. The van der Waals surface area contributed by atoms with Gasteiger partial charge in [0.1, 0.15) is 13.2 Å². The quantitative estimate of drug-likeness (QED) is 0.747. The molecule has 1 fully saturated rings. The number of carbonyl (C=O) groups is 2. The van der Waals surface area contributed by atoms with Crippen LogP contribution in [0.1, 0.15) is 25.3 Å². The smallest absolute Gasteiger partial charge is 0.338 e. The summed E-state index contributed by atoms with van der Waals surface area (Å²) in [6.45, 7) is 1.14. The molecule has 1 aromatic carbocycles. The predicted octanol–water partition coefficient (Wildman–Crippen LogP) is 0.590. The van der Waals surface area contributed by atoms with Crippen molar-refractivity contribution < 1.29 is 29.3 Å². The Balaban J connectivity index is 2.04. The van der Waals surface area contributed by atoms with Crippen molar-refractivity contribution in [3.05, 3.63) is 35.9 Å². The monoisotopic (exact) mass is 308 g/mol. The van der Waals surface area contributed by atoms with E-state index in [-0.39, 0.29) is 31.8 Å². The molecule has 1 saturated carbocycles. The number of ether oxygens (including phenoxy) is 2. The lowest BCUT2D eigenvalue weighted by molar-refractivity contribution is -0.175. The minimum atomic E-state index is -1.47. The highest BCUT2D eigenvalue weighted by molar-refractivity contribution is 5.82. The van der Waals surface area contributed by atoms with Crippen LogP contribution in [0.2, 0.25) is 0 Å². The molecule has 1 aromatic rings. The highest BCUT2D eigenvalue weighted by atomic mass is 16.6. The molecule has 2 atom stereocenters. The Morgan fingerprint density at radius 2 is 1.77 bits per heavy atom. The van der Waals surface area contributed by atoms with Crippen molar-refractivity contribution in [1.29, 1.82) is 0 Å². The van der Waals surface area contributed by atoms with Crippen LogP contribution in [0.15, 0.2) is 30.3 Å². The third-order valence-corrected chi connectivity index (χ3v) is 3.66. The zero-order chi connectivity index (χ0) is 16.2. The molecular weight excluding hydrogens is 288 g/mol. The Bertz CT molecular complexity index is 517. The summed E-state index contributed by atoms with van der Waals surface area (Å²) in [5.41, 5.74) is -0.657. The van der Waals surface area contributed by atoms with Gasteiger partial charge < -0.3 is 19.7 Å². The van der Waals surface area contributed by atoms with Crippen LogP contribution in [0.25, 0.3) is 0 Å². The van der Waals surface area contributed by atoms with Gasteiger partial charge in [-0.3, -0.25) is 4.79 Å². The number of ketones is 1. The summed E-state index contributed by atoms with van der Waals surface area (Å²) in [4.78, 5) is 23.5. The highest BCUT2D eigenvalue weighted by Gasteiger charge is 2.52. The molecule has 2 N–H and O–H groups in total. The van der Waals surface area contributed by atoms with E-state index in [1.807, 2.05) is 30.3 Å². The largest absolute Gasteiger partial charge is 0.459 e. The molecule has 0 heterocycles. The number of hydrogen-bond donors (Lipinski definition) is 2. The van der Waals surface area contributed by atoms with E-state index < -0.39 is 23.8 Å². The average Bonchev–Trinajstić information content (AvgIpc) is 2.80. The summed E-state index contributed by atoms with van der Waals surface area (Å²) in [6, 6.07) is 9.14. The van der Waals surface area contributed by atoms with Crippen LogP contribution in [0.3, 0.4) is 0 Å². The minimum Gasteiger partial charge on any atom is -0.459 e. The minimum absolute atomic E-state index is 0.0665. The number of carbonyl (C=O) groups excluding carboxylic acids is 2. The fraction of sp³-hybridized carbons (Fsp3) is 0.500. The highest BCUT2D eigenvalue weighted by Crippen LogP contribution is 2.35. The Labute approximate surface area is 128 Å². The molecule has 22 heavy (non-hydrogen) atoms. The Kier molecular flexibility index (Phi) is 5.28. The molecular formula is C16H20O6. The third kappa shape index (κ3) is 3.91. The number of Topliss-reactive ketones (excluding diaryl/α,β-unsaturated/α-hetero) is 1. The van der Waals surface area contributed by atoms with Crippen molar-refractivity contribution >= 4 is 11.8 Å². The third-order valence-electron chi connectivity index (χ3n) is 3.66. The SMILES string of the molecule is CC(=O)COC1(C(=O)OCc2ccccc2)CC(O)C(O)C1. The molecule has 0 saturated heterocycles. The zero-order valence-corrected chi connectivity index (χ0v) is 12.4. The number of rotatable bonds is 6. The van der Waals surface area contributed by atoms with E-state index in [0.717, 1.165) is 5.56 Å². The van der Waals surface area contributed by atoms with Crippen LogP contribution in [0.4, 0.5) is 0 Å². The number of benzene rings is 1. The lowest BCUT2D eigenvalue weighted by Crippen LogP contribution is -2.42. The topological polar surface area (TPSA) is 93.1 Å². The van der Waals surface area contributed by atoms with Gasteiger partial charge in [-0.1, -0.05) is 30.3 Å². The lowest BCUT2D eigenvalue weighted by atomic mass is 10.0. The zero-order valence-electron chi connectivity index (χ0n) is 12.4. The van der Waals surface area contributed by atoms with Gasteiger partial charge in [-0.2, -0.15) is 0 Å². The van der Waals surface area contributed by atoms with E-state index in [1.54, 1.807) is 0 Å². The van der Waals surface area contributed by atoms with Gasteiger partial charge in [-0.15, -0.1) is 0 Å². The van der Waals surface area contributed by atoms with Gasteiger partial charge in [0.05, 0.1) is 12.2 Å². The van der Waals surface area contributed by atoms with Gasteiger partial charge in [0, 0.05) is 12.8 Å². The summed E-state index contributed by atoms with van der Waals surface area (Å²) >= 11 is 0. The molecule has 6 nitrogen and oxygen atoms in total. The molecule has 1 aliphatic carbocycles. The van der Waals surface area contributed by atoms with Crippen LogP contribution in [-0.2, 0) is 25.7 Å². The first kappa shape index (κ1) is 16.6. The van der Waals surface area contributed by atoms with E-state index in [4.69, 9.17) is 9.47 Å². The van der Waals surface area contributed by atoms with Crippen LogP contribution >= 0.6 is 0 Å². The van der Waals surface area contributed by atoms with Crippen molar-refractivity contribution in [3.63, 3.8) is 0 Å². The molecule has 1 aliphatic rings. The average molecular weight is 308 g/mol. The Hall–Kier alpha value is -1.76. The van der Waals surface area contributed by atoms with E-state index in [9.17, 15) is 19.8 Å². The second-order valence-electron chi connectivity index (χ2n) is 5.59. The molecule has 120 valence electrons. The normalized spacial score (nSPS) is 27.6. The molecule has 0 bridgehead atoms. The fourth-order valence-corrected chi connectivity index (χ4v) is 2.47. The molecule has 6 heteroatoms. The second-order valence-corrected chi connectivity index (χ2v) is 5.59. The number of esters is 1. The first-order valence-corrected chi connectivity index (χ1v) is 7.13. The lowest BCUT2D eigenvalue weighted by Gasteiger charge is -2.26. The van der Waals surface area contributed by atoms with Crippen molar-refractivity contribution in [2.45, 2.75) is 44.2 Å². The van der Waals surface area contributed by atoms with Crippen molar-refractivity contribution in [1.82, 2.24) is 0 Å². The van der Waals surface area contributed by atoms with Gasteiger partial charge in [-0.05, 0) is 12.5 Å². The Morgan fingerprint density at radius 1 is 1.18 bits per heavy atom. The van der Waals surface area contributed by atoms with Gasteiger partial charge in [0.15, 0.2) is 11.4 Å². The standard InChI is InChI=1S/C16H20O6/c1-11(17)9-22-16(7-13(18)14(19)8-16)15(20)21-10-12-5-3-2-4-6-12/h2-6,13-14,18-19H,7-10H2,1H3. The van der Waals surface area contributed by atoms with E-state index in [0.29, 0.717) is 0 Å². The second kappa shape index (κ2) is 7.00. The first-order valence-electron chi connectivity index (χ1n) is 7.13. The maximum absolute atomic E-state index is 12.4. The maximum atomic E-state index is 12.4. The van der Waals surface area contributed by atoms with Crippen LogP contribution in [0, 0.1) is 0 Å². The Morgan fingerprint density at radius 3 is 2.32 bits per heavy atom. The van der Waals surface area contributed by atoms with Gasteiger partial charge in [0.25, 0.3) is 0 Å². The summed E-state index contributed by atoms with van der Waals surface area (Å²) in [5.74, 6) is -0.917. The van der Waals surface area contributed by atoms with Gasteiger partial charge in [-0.25, -0.2) is 4.79 Å². The van der Waals surface area contributed by atoms with Gasteiger partial charge >= 0.3 is 5.97 Å². The summed E-state index contributed by atoms with van der Waals surface area (Å²) in [6.07, 6.45) is -2.32.